The molecule has 3 rings (SSSR count). The minimum absolute atomic E-state index is 0.135. The maximum atomic E-state index is 14.6. The lowest BCUT2D eigenvalue weighted by Gasteiger charge is -2.26. The summed E-state index contributed by atoms with van der Waals surface area (Å²) in [4.78, 5) is 15.0. The maximum absolute atomic E-state index is 14.6. The van der Waals surface area contributed by atoms with Crippen LogP contribution in [0.1, 0.15) is 32.1 Å². The molecule has 1 aliphatic carbocycles. The first-order valence-electron chi connectivity index (χ1n) is 11.9. The number of allylic oxidation sites excluding steroid dienone is 2. The number of halogens is 3. The summed E-state index contributed by atoms with van der Waals surface area (Å²) >= 11 is 13.7. The Labute approximate surface area is 216 Å². The van der Waals surface area contributed by atoms with Crippen molar-refractivity contribution in [2.24, 2.45) is 11.8 Å². The minimum Gasteiger partial charge on any atom is -0.464 e. The van der Waals surface area contributed by atoms with Crippen LogP contribution in [0.15, 0.2) is 35.2 Å². The quantitative estimate of drug-likeness (QED) is 0.168. The molecule has 1 heterocycles. The summed E-state index contributed by atoms with van der Waals surface area (Å²) < 4.78 is 25.2. The molecule has 1 aromatic carbocycles. The smallest absolute Gasteiger partial charge is 0.305 e. The van der Waals surface area contributed by atoms with E-state index >= 15 is 0 Å². The number of thioether (sulfide) groups is 1. The molecule has 0 radical (unpaired) electrons. The van der Waals surface area contributed by atoms with Crippen molar-refractivity contribution in [3.05, 3.63) is 40.4 Å². The van der Waals surface area contributed by atoms with Crippen LogP contribution >= 0.6 is 35.0 Å². The molecular weight excluding hydrogens is 500 g/mol. The number of carbonyl (C=O) groups excluding carboxylic acids is 1. The second-order valence-electron chi connectivity index (χ2n) is 8.84. The monoisotopic (exact) mass is 533 g/mol. The Morgan fingerprint density at radius 3 is 2.68 bits per heavy atom. The summed E-state index contributed by atoms with van der Waals surface area (Å²) in [6.45, 7) is 4.40. The van der Waals surface area contributed by atoms with Gasteiger partial charge in [-0.3, -0.25) is 9.69 Å². The highest BCUT2D eigenvalue weighted by Crippen LogP contribution is 2.40. The van der Waals surface area contributed by atoms with Crippen LogP contribution in [0.4, 0.5) is 4.39 Å². The molecule has 0 aromatic heterocycles. The Balaban J connectivity index is 1.33. The molecule has 34 heavy (non-hydrogen) atoms. The van der Waals surface area contributed by atoms with E-state index in [1.807, 2.05) is 24.3 Å². The molecule has 2 unspecified atom stereocenters. The SMILES string of the molecule is O=C(CCC/C=C\C[C@H]1C(F)CC(O)[C@@H]1CSc1cc(Cl)cc(Cl)c1)OCCN1CCOCC1. The Morgan fingerprint density at radius 1 is 1.21 bits per heavy atom. The van der Waals surface area contributed by atoms with Gasteiger partial charge in [0, 0.05) is 59.1 Å². The van der Waals surface area contributed by atoms with Crippen molar-refractivity contribution in [1.82, 2.24) is 4.90 Å². The number of aliphatic hydroxyl groups excluding tert-OH is 1. The number of unbranched alkanes of at least 4 members (excludes halogenated alkanes) is 1. The number of alkyl halides is 1. The zero-order valence-corrected chi connectivity index (χ0v) is 21.7. The van der Waals surface area contributed by atoms with Crippen molar-refractivity contribution in [2.45, 2.75) is 49.3 Å². The van der Waals surface area contributed by atoms with Gasteiger partial charge in [0.25, 0.3) is 0 Å². The molecule has 0 amide bonds. The van der Waals surface area contributed by atoms with Crippen LogP contribution < -0.4 is 0 Å². The van der Waals surface area contributed by atoms with Crippen molar-refractivity contribution in [2.75, 3.05) is 45.2 Å². The van der Waals surface area contributed by atoms with Gasteiger partial charge in [-0.2, -0.15) is 0 Å². The molecule has 190 valence electrons. The number of hydrogen-bond donors (Lipinski definition) is 1. The third-order valence-corrected chi connectivity index (χ3v) is 7.91. The Kier molecular flexibility index (Phi) is 12.0. The number of nitrogens with zero attached hydrogens (tertiary/aromatic N) is 1. The fourth-order valence-corrected chi connectivity index (χ4v) is 6.35. The van der Waals surface area contributed by atoms with E-state index in [1.54, 1.807) is 17.8 Å². The van der Waals surface area contributed by atoms with Crippen LogP contribution in [0.2, 0.25) is 10.0 Å². The minimum atomic E-state index is -1.02. The molecule has 1 saturated heterocycles. The van der Waals surface area contributed by atoms with E-state index in [9.17, 15) is 14.3 Å². The van der Waals surface area contributed by atoms with E-state index in [0.717, 1.165) is 44.2 Å². The average molecular weight is 535 g/mol. The van der Waals surface area contributed by atoms with Gasteiger partial charge >= 0.3 is 5.97 Å². The summed E-state index contributed by atoms with van der Waals surface area (Å²) in [6.07, 6.45) is 4.88. The largest absolute Gasteiger partial charge is 0.464 e. The molecular formula is C25H34Cl2FNO4S. The number of ether oxygens (including phenoxy) is 2. The normalized spacial score (nSPS) is 25.8. The predicted molar refractivity (Wildman–Crippen MR) is 136 cm³/mol. The first-order chi connectivity index (χ1) is 16.4. The summed E-state index contributed by atoms with van der Waals surface area (Å²) in [7, 11) is 0. The fourth-order valence-electron chi connectivity index (χ4n) is 4.42. The number of esters is 1. The summed E-state index contributed by atoms with van der Waals surface area (Å²) in [5, 5.41) is 11.5. The Morgan fingerprint density at radius 2 is 1.94 bits per heavy atom. The number of rotatable bonds is 12. The van der Waals surface area contributed by atoms with Gasteiger partial charge in [0.15, 0.2) is 0 Å². The van der Waals surface area contributed by atoms with Crippen molar-refractivity contribution < 1.29 is 23.8 Å². The Bertz CT molecular complexity index is 789. The van der Waals surface area contributed by atoms with Crippen molar-refractivity contribution in [3.63, 3.8) is 0 Å². The first kappa shape index (κ1) is 27.8. The molecule has 2 fully saturated rings. The molecule has 1 aliphatic heterocycles. The summed E-state index contributed by atoms with van der Waals surface area (Å²) in [5.41, 5.74) is 0. The average Bonchev–Trinajstić information content (AvgIpc) is 3.06. The van der Waals surface area contributed by atoms with E-state index in [2.05, 4.69) is 4.90 Å². The highest BCUT2D eigenvalue weighted by molar-refractivity contribution is 7.99. The highest BCUT2D eigenvalue weighted by Gasteiger charge is 2.41. The topological polar surface area (TPSA) is 59.0 Å². The van der Waals surface area contributed by atoms with Crippen LogP contribution in [0.3, 0.4) is 0 Å². The zero-order valence-electron chi connectivity index (χ0n) is 19.3. The van der Waals surface area contributed by atoms with Gasteiger partial charge in [-0.05, 0) is 43.4 Å². The molecule has 1 saturated carbocycles. The Hall–Kier alpha value is -0.830. The highest BCUT2D eigenvalue weighted by atomic mass is 35.5. The first-order valence-corrected chi connectivity index (χ1v) is 13.7. The standard InChI is InChI=1S/C25H34Cl2FNO4S/c26-18-13-19(27)15-20(14-18)34-17-22-21(23(28)16-24(22)30)5-3-1-2-4-6-25(31)33-12-9-29-7-10-32-11-8-29/h1,3,13-15,21-24,30H,2,4-12,16-17H2/b3-1-/t21-,22-,23?,24?/m1/s1. The molecule has 1 aromatic rings. The molecule has 4 atom stereocenters. The number of benzene rings is 1. The van der Waals surface area contributed by atoms with Crippen LogP contribution in [-0.2, 0) is 14.3 Å². The lowest BCUT2D eigenvalue weighted by molar-refractivity contribution is -0.144. The molecule has 0 spiro atoms. The van der Waals surface area contributed by atoms with E-state index in [1.165, 1.54) is 0 Å². The van der Waals surface area contributed by atoms with Gasteiger partial charge in [-0.1, -0.05) is 35.4 Å². The number of aliphatic hydroxyl groups is 1. The van der Waals surface area contributed by atoms with Crippen molar-refractivity contribution in [3.8, 4) is 0 Å². The van der Waals surface area contributed by atoms with E-state index < -0.39 is 12.3 Å². The maximum Gasteiger partial charge on any atom is 0.305 e. The van der Waals surface area contributed by atoms with Crippen LogP contribution in [-0.4, -0.2) is 73.5 Å². The van der Waals surface area contributed by atoms with Gasteiger partial charge in [0.05, 0.1) is 19.3 Å². The van der Waals surface area contributed by atoms with E-state index in [0.29, 0.717) is 41.7 Å². The number of morpholine rings is 1. The third kappa shape index (κ3) is 9.32. The third-order valence-electron chi connectivity index (χ3n) is 6.35. The van der Waals surface area contributed by atoms with Crippen molar-refractivity contribution >= 4 is 40.9 Å². The number of hydrogen-bond acceptors (Lipinski definition) is 6. The summed E-state index contributed by atoms with van der Waals surface area (Å²) in [5.74, 6) is 0.0672. The molecule has 0 bridgehead atoms. The van der Waals surface area contributed by atoms with Gasteiger partial charge < -0.3 is 14.6 Å². The van der Waals surface area contributed by atoms with Gasteiger partial charge in [-0.25, -0.2) is 4.39 Å². The van der Waals surface area contributed by atoms with E-state index in [-0.39, 0.29) is 24.2 Å². The van der Waals surface area contributed by atoms with Gasteiger partial charge in [-0.15, -0.1) is 11.8 Å². The molecule has 2 aliphatic rings. The lowest BCUT2D eigenvalue weighted by Crippen LogP contribution is -2.38. The lowest BCUT2D eigenvalue weighted by atomic mass is 9.92. The predicted octanol–water partition coefficient (Wildman–Crippen LogP) is 5.41. The van der Waals surface area contributed by atoms with Crippen LogP contribution in [0.25, 0.3) is 0 Å². The van der Waals surface area contributed by atoms with Crippen LogP contribution in [0.5, 0.6) is 0 Å². The fraction of sp³-hybridized carbons (Fsp3) is 0.640. The molecule has 1 N–H and O–H groups in total. The zero-order chi connectivity index (χ0) is 24.3. The second kappa shape index (κ2) is 14.7. The molecule has 5 nitrogen and oxygen atoms in total. The number of carbonyl (C=O) groups is 1. The van der Waals surface area contributed by atoms with Gasteiger partial charge in [0.1, 0.15) is 12.8 Å². The van der Waals surface area contributed by atoms with E-state index in [4.69, 9.17) is 32.7 Å². The second-order valence-corrected chi connectivity index (χ2v) is 10.8. The summed E-state index contributed by atoms with van der Waals surface area (Å²) in [6, 6.07) is 5.33. The van der Waals surface area contributed by atoms with Crippen LogP contribution in [0, 0.1) is 11.8 Å². The molecule has 9 heteroatoms. The van der Waals surface area contributed by atoms with Gasteiger partial charge in [0.2, 0.25) is 0 Å². The van der Waals surface area contributed by atoms with Crippen molar-refractivity contribution in [1.29, 1.82) is 0 Å².